The summed E-state index contributed by atoms with van der Waals surface area (Å²) in [7, 11) is 0. The average molecular weight is 1840 g/mol. The van der Waals surface area contributed by atoms with Gasteiger partial charge in [0.25, 0.3) is 0 Å². The van der Waals surface area contributed by atoms with E-state index >= 15 is 0 Å². The van der Waals surface area contributed by atoms with Crippen LogP contribution in [0.4, 0.5) is 68.2 Å². The number of azo groups is 6. The molecule has 13 aromatic carbocycles. The molecule has 0 aliphatic heterocycles. The zero-order valence-corrected chi connectivity index (χ0v) is 70.4. The number of carboxylic acid groups (broad SMARTS) is 7. The zero-order valence-electron chi connectivity index (χ0n) is 70.4. The Labute approximate surface area is 766 Å². The van der Waals surface area contributed by atoms with E-state index in [9.17, 15) is 69.3 Å². The van der Waals surface area contributed by atoms with Gasteiger partial charge in [0, 0.05) is 33.4 Å². The SMILES string of the molecule is Cc1cc(N=Nc2ccc(OCc3c(COc4ccc(N=Nc5cccc(C(=O)O)c5)cc4)c(COc4ccc(N=Nc5cccc(C(=O)O)c5)cc4)c(COc4ccc(N=Nc5cccc(C(=O)O)c5)cc4)c(COc4ccc(N=Nc5cccc(C(=O)O)c5)cc4)c3COc3ccc(N=Nc4cc(C(=O)O)cc(C(=O)O)c4)cc3)cc2)cc(C(=O)O)c1.O=C=O.O=C=O.O=C=O.O=C=O. The van der Waals surface area contributed by atoms with E-state index in [1.54, 1.807) is 207 Å². The number of carbonyl (C=O) groups is 7. The summed E-state index contributed by atoms with van der Waals surface area (Å²) in [6.07, 6.45) is 1.00. The predicted molar refractivity (Wildman–Crippen MR) is 468 cm³/mol. The molecular formula is C96H68N12O28. The molecule has 0 bridgehead atoms. The molecule has 0 fully saturated rings. The van der Waals surface area contributed by atoms with Crippen molar-refractivity contribution in [1.82, 2.24) is 0 Å². The summed E-state index contributed by atoms with van der Waals surface area (Å²) in [5.41, 5.74) is 6.54. The van der Waals surface area contributed by atoms with E-state index in [1.165, 1.54) is 72.8 Å². The predicted octanol–water partition coefficient (Wildman–Crippen LogP) is 21.5. The largest absolute Gasteiger partial charge is 0.489 e. The number of benzene rings is 13. The highest BCUT2D eigenvalue weighted by Crippen LogP contribution is 2.39. The first-order valence-electron chi connectivity index (χ1n) is 39.0. The molecule has 0 aliphatic rings. The molecule has 0 unspecified atom stereocenters. The van der Waals surface area contributed by atoms with Gasteiger partial charge in [-0.05, 0) is 267 Å². The third-order valence-corrected chi connectivity index (χ3v) is 18.3. The van der Waals surface area contributed by atoms with Gasteiger partial charge in [-0.1, -0.05) is 24.3 Å². The van der Waals surface area contributed by atoms with Crippen molar-refractivity contribution in [3.63, 3.8) is 0 Å². The van der Waals surface area contributed by atoms with Crippen LogP contribution in [0.15, 0.2) is 340 Å². The second-order valence-corrected chi connectivity index (χ2v) is 27.3. The number of aryl methyl sites for hydroxylation is 1. The van der Waals surface area contributed by atoms with Crippen molar-refractivity contribution in [3.8, 4) is 34.5 Å². The van der Waals surface area contributed by atoms with Crippen molar-refractivity contribution in [1.29, 1.82) is 0 Å². The van der Waals surface area contributed by atoms with Crippen molar-refractivity contribution in [3.05, 3.63) is 357 Å². The van der Waals surface area contributed by atoms with E-state index in [2.05, 4.69) is 61.4 Å². The quantitative estimate of drug-likeness (QED) is 0.0178. The van der Waals surface area contributed by atoms with Crippen LogP contribution in [0.25, 0.3) is 0 Å². The molecule has 0 amide bonds. The fraction of sp³-hybridized carbons (Fsp3) is 0.0729. The lowest BCUT2D eigenvalue weighted by atomic mass is 9.87. The molecular weight excluding hydrogens is 1770 g/mol. The number of ether oxygens (including phenoxy) is 6. The number of hydrogen-bond acceptors (Lipinski definition) is 33. The number of aromatic carboxylic acids is 7. The van der Waals surface area contributed by atoms with E-state index in [0.29, 0.717) is 119 Å². The van der Waals surface area contributed by atoms with Crippen LogP contribution in [-0.4, -0.2) is 102 Å². The Hall–Kier alpha value is -19.9. The molecule has 13 aromatic rings. The minimum Gasteiger partial charge on any atom is -0.489 e. The molecule has 0 saturated heterocycles. The fourth-order valence-corrected chi connectivity index (χ4v) is 12.1. The number of nitrogens with zero attached hydrogens (tertiary/aromatic N) is 12. The van der Waals surface area contributed by atoms with Crippen LogP contribution < -0.4 is 28.4 Å². The van der Waals surface area contributed by atoms with Crippen molar-refractivity contribution >= 4 is 135 Å². The highest BCUT2D eigenvalue weighted by Gasteiger charge is 2.28. The number of hydrogen-bond donors (Lipinski definition) is 7. The Morgan fingerprint density at radius 1 is 0.199 bits per heavy atom. The van der Waals surface area contributed by atoms with Gasteiger partial charge in [-0.15, -0.1) is 0 Å². The molecule has 0 spiro atoms. The van der Waals surface area contributed by atoms with E-state index < -0.39 is 41.8 Å². The van der Waals surface area contributed by atoms with Crippen molar-refractivity contribution in [2.45, 2.75) is 46.6 Å². The van der Waals surface area contributed by atoms with Gasteiger partial charge >= 0.3 is 66.4 Å². The molecule has 0 saturated carbocycles. The summed E-state index contributed by atoms with van der Waals surface area (Å²) in [5.74, 6) is -6.50. The van der Waals surface area contributed by atoms with Crippen LogP contribution in [0.1, 0.15) is 111 Å². The van der Waals surface area contributed by atoms with Gasteiger partial charge < -0.3 is 64.2 Å². The monoisotopic (exact) mass is 1840 g/mol. The maximum atomic E-state index is 12.0. The van der Waals surface area contributed by atoms with Gasteiger partial charge in [0.1, 0.15) is 74.1 Å². The number of carboxylic acids is 7. The minimum absolute atomic E-state index is 0.0154. The third kappa shape index (κ3) is 31.2. The van der Waals surface area contributed by atoms with Gasteiger partial charge in [-0.3, -0.25) is 0 Å². The van der Waals surface area contributed by atoms with E-state index in [1.807, 2.05) is 0 Å². The molecule has 0 radical (unpaired) electrons. The molecule has 13 rings (SSSR count). The van der Waals surface area contributed by atoms with Crippen LogP contribution in [0, 0.1) is 6.92 Å². The molecule has 136 heavy (non-hydrogen) atoms. The standard InChI is InChI=1S/C92H68N12O20.4CO2/c1-54-38-59(90(113)114)45-72(39-54)103-97-66-22-34-78(35-23-66)123-52-84-82(50-121-76-30-18-64(19-31-76)95-101-70-12-4-8-57(43-70)88(109)110)80(48-119-74-26-14-62(15-27-74)93-99-68-10-2-6-55(41-68)86(105)106)81(49-120-75-28-16-63(17-29-75)94-100-69-11-3-7-56(42-69)87(107)108)83(51-122-77-32-20-65(21-33-77)96-102-71-13-5-9-58(44-71)89(111)112)85(84)53-124-79-36-24-67(25-37-79)98-104-73-46-60(91(115)116)40-61(47-73)92(117)118;4*2-1-3/h2-47H,48-53H2,1H3,(H,105,106)(H,107,108)(H,109,110)(H,111,112)(H,113,114)(H,115,116)(H,117,118);;;;. The lowest BCUT2D eigenvalue weighted by Gasteiger charge is -2.27. The summed E-state index contributed by atoms with van der Waals surface area (Å²) in [6, 6.07) is 71.4. The number of rotatable bonds is 37. The van der Waals surface area contributed by atoms with Gasteiger partial charge in [-0.25, -0.2) is 33.6 Å². The zero-order chi connectivity index (χ0) is 97.8. The normalized spacial score (nSPS) is 10.6. The molecule has 680 valence electrons. The van der Waals surface area contributed by atoms with E-state index in [4.69, 9.17) is 66.8 Å². The maximum Gasteiger partial charge on any atom is 0.373 e. The Bertz CT molecular complexity index is 6260. The first-order valence-corrected chi connectivity index (χ1v) is 39.0. The third-order valence-electron chi connectivity index (χ3n) is 18.3. The molecule has 40 nitrogen and oxygen atoms in total. The Morgan fingerprint density at radius 3 is 0.537 bits per heavy atom. The molecule has 7 N–H and O–H groups in total. The van der Waals surface area contributed by atoms with Gasteiger partial charge in [0.15, 0.2) is 0 Å². The molecule has 0 atom stereocenters. The fourth-order valence-electron chi connectivity index (χ4n) is 12.1. The molecule has 40 heteroatoms. The van der Waals surface area contributed by atoms with Crippen LogP contribution in [0.5, 0.6) is 34.5 Å². The number of carbonyl (C=O) groups excluding carboxylic acids is 8. The van der Waals surface area contributed by atoms with Gasteiger partial charge in [-0.2, -0.15) is 99.7 Å². The van der Waals surface area contributed by atoms with Crippen LogP contribution >= 0.6 is 0 Å². The van der Waals surface area contributed by atoms with Crippen molar-refractivity contribution < 1.29 is 136 Å². The Kier molecular flexibility index (Phi) is 37.6. The maximum absolute atomic E-state index is 12.0. The first-order chi connectivity index (χ1) is 65.7. The summed E-state index contributed by atoms with van der Waals surface area (Å²) in [6.45, 7) is 0.215. The summed E-state index contributed by atoms with van der Waals surface area (Å²) >= 11 is 0. The van der Waals surface area contributed by atoms with E-state index in [-0.39, 0.29) is 126 Å². The smallest absolute Gasteiger partial charge is 0.373 e. The van der Waals surface area contributed by atoms with Crippen molar-refractivity contribution in [2.24, 2.45) is 61.4 Å². The molecule has 0 heterocycles. The van der Waals surface area contributed by atoms with Crippen LogP contribution in [-0.2, 0) is 78.0 Å². The highest BCUT2D eigenvalue weighted by molar-refractivity contribution is 5.95. The minimum atomic E-state index is -1.38. The van der Waals surface area contributed by atoms with Crippen molar-refractivity contribution in [2.75, 3.05) is 0 Å². The summed E-state index contributed by atoms with van der Waals surface area (Å²) < 4.78 is 41.2. The van der Waals surface area contributed by atoms with E-state index in [0.717, 1.165) is 6.07 Å². The van der Waals surface area contributed by atoms with Crippen LogP contribution in [0.2, 0.25) is 0 Å². The Balaban J connectivity index is 0.00000164. The highest BCUT2D eigenvalue weighted by atomic mass is 16.5. The topological polar surface area (TPSA) is 601 Å². The second-order valence-electron chi connectivity index (χ2n) is 27.3. The molecule has 0 aliphatic carbocycles. The average Bonchev–Trinajstić information content (AvgIpc) is 0.758. The van der Waals surface area contributed by atoms with Gasteiger partial charge in [0.05, 0.1) is 107 Å². The van der Waals surface area contributed by atoms with Gasteiger partial charge in [0.2, 0.25) is 0 Å². The molecule has 0 aromatic heterocycles. The Morgan fingerprint density at radius 2 is 0.353 bits per heavy atom. The second kappa shape index (κ2) is 51.2. The lowest BCUT2D eigenvalue weighted by molar-refractivity contribution is -0.193. The summed E-state index contributed by atoms with van der Waals surface area (Å²) in [5, 5.41) is 120. The first kappa shape index (κ1) is 99.8. The van der Waals surface area contributed by atoms with Crippen LogP contribution in [0.3, 0.4) is 0 Å². The summed E-state index contributed by atoms with van der Waals surface area (Å²) in [4.78, 5) is 148. The lowest BCUT2D eigenvalue weighted by Crippen LogP contribution is -2.21.